The van der Waals surface area contributed by atoms with Gasteiger partial charge in [-0.15, -0.1) is 0 Å². The van der Waals surface area contributed by atoms with Crippen LogP contribution in [0.2, 0.25) is 5.02 Å². The van der Waals surface area contributed by atoms with Gasteiger partial charge in [0, 0.05) is 16.8 Å². The molecular weight excluding hydrogens is 222 g/mol. The summed E-state index contributed by atoms with van der Waals surface area (Å²) < 4.78 is 1.66. The molecule has 0 spiro atoms. The quantitative estimate of drug-likeness (QED) is 0.782. The molecule has 0 saturated carbocycles. The lowest BCUT2D eigenvalue weighted by Gasteiger charge is -2.07. The smallest absolute Gasteiger partial charge is 0.253 e. The van der Waals surface area contributed by atoms with Crippen LogP contribution in [0, 0.1) is 6.92 Å². The molecule has 3 heteroatoms. The predicted octanol–water partition coefficient (Wildman–Crippen LogP) is 2.86. The summed E-state index contributed by atoms with van der Waals surface area (Å²) in [4.78, 5) is 11.8. The number of rotatable bonds is 2. The maximum absolute atomic E-state index is 11.8. The fourth-order valence-corrected chi connectivity index (χ4v) is 1.79. The summed E-state index contributed by atoms with van der Waals surface area (Å²) in [6.07, 6.45) is 1.78. The van der Waals surface area contributed by atoms with Crippen molar-refractivity contribution in [1.82, 2.24) is 4.57 Å². The van der Waals surface area contributed by atoms with Crippen LogP contribution >= 0.6 is 11.6 Å². The summed E-state index contributed by atoms with van der Waals surface area (Å²) >= 11 is 6.05. The van der Waals surface area contributed by atoms with Gasteiger partial charge in [-0.05, 0) is 24.6 Å². The van der Waals surface area contributed by atoms with Gasteiger partial charge in [-0.3, -0.25) is 4.79 Å². The van der Waals surface area contributed by atoms with Crippen molar-refractivity contribution in [3.05, 3.63) is 69.1 Å². The molecule has 0 fully saturated rings. The summed E-state index contributed by atoms with van der Waals surface area (Å²) in [5, 5.41) is 0.691. The standard InChI is InChI=1S/C13H12ClNO/c1-10-5-4-8-15(13(10)16)9-11-6-2-3-7-12(11)14/h2-8H,9H2,1H3. The summed E-state index contributed by atoms with van der Waals surface area (Å²) in [7, 11) is 0. The Morgan fingerprint density at radius 1 is 1.19 bits per heavy atom. The van der Waals surface area contributed by atoms with Crippen molar-refractivity contribution in [2.24, 2.45) is 0 Å². The molecule has 0 aliphatic carbocycles. The first-order chi connectivity index (χ1) is 7.68. The monoisotopic (exact) mass is 233 g/mol. The first-order valence-corrected chi connectivity index (χ1v) is 5.46. The lowest BCUT2D eigenvalue weighted by atomic mass is 10.2. The zero-order valence-corrected chi connectivity index (χ0v) is 9.74. The van der Waals surface area contributed by atoms with E-state index in [0.29, 0.717) is 11.6 Å². The van der Waals surface area contributed by atoms with Crippen LogP contribution in [0.1, 0.15) is 11.1 Å². The molecule has 0 unspecified atom stereocenters. The van der Waals surface area contributed by atoms with E-state index < -0.39 is 0 Å². The molecule has 0 aliphatic rings. The average Bonchev–Trinajstić information content (AvgIpc) is 2.28. The van der Waals surface area contributed by atoms with Gasteiger partial charge in [0.25, 0.3) is 5.56 Å². The fourth-order valence-electron chi connectivity index (χ4n) is 1.59. The number of hydrogen-bond acceptors (Lipinski definition) is 1. The van der Waals surface area contributed by atoms with Crippen LogP contribution in [0.15, 0.2) is 47.4 Å². The van der Waals surface area contributed by atoms with E-state index in [-0.39, 0.29) is 5.56 Å². The Kier molecular flexibility index (Phi) is 3.11. The largest absolute Gasteiger partial charge is 0.311 e. The molecule has 0 N–H and O–H groups in total. The second-order valence-electron chi connectivity index (χ2n) is 3.72. The van der Waals surface area contributed by atoms with Crippen molar-refractivity contribution < 1.29 is 0 Å². The van der Waals surface area contributed by atoms with E-state index in [4.69, 9.17) is 11.6 Å². The third kappa shape index (κ3) is 2.17. The topological polar surface area (TPSA) is 22.0 Å². The third-order valence-electron chi connectivity index (χ3n) is 2.51. The first kappa shape index (κ1) is 11.0. The van der Waals surface area contributed by atoms with E-state index in [1.807, 2.05) is 43.3 Å². The minimum absolute atomic E-state index is 0.0300. The minimum atomic E-state index is 0.0300. The van der Waals surface area contributed by atoms with Crippen LogP contribution in [0.4, 0.5) is 0 Å². The maximum Gasteiger partial charge on any atom is 0.253 e. The SMILES string of the molecule is Cc1cccn(Cc2ccccc2Cl)c1=O. The Balaban J connectivity index is 2.39. The zero-order valence-electron chi connectivity index (χ0n) is 8.98. The highest BCUT2D eigenvalue weighted by Crippen LogP contribution is 2.15. The van der Waals surface area contributed by atoms with Crippen molar-refractivity contribution in [3.63, 3.8) is 0 Å². The Hall–Kier alpha value is -1.54. The molecule has 16 heavy (non-hydrogen) atoms. The van der Waals surface area contributed by atoms with Gasteiger partial charge < -0.3 is 4.57 Å². The van der Waals surface area contributed by atoms with Crippen LogP contribution in [-0.2, 0) is 6.54 Å². The average molecular weight is 234 g/mol. The zero-order chi connectivity index (χ0) is 11.5. The maximum atomic E-state index is 11.8. The molecule has 1 heterocycles. The predicted molar refractivity (Wildman–Crippen MR) is 66.0 cm³/mol. The number of aromatic nitrogens is 1. The van der Waals surface area contributed by atoms with E-state index in [2.05, 4.69) is 0 Å². The van der Waals surface area contributed by atoms with Gasteiger partial charge >= 0.3 is 0 Å². The molecule has 0 atom stereocenters. The van der Waals surface area contributed by atoms with Gasteiger partial charge in [-0.2, -0.15) is 0 Å². The molecule has 0 saturated heterocycles. The van der Waals surface area contributed by atoms with Crippen molar-refractivity contribution in [1.29, 1.82) is 0 Å². The Bertz CT molecular complexity index is 560. The number of benzene rings is 1. The summed E-state index contributed by atoms with van der Waals surface area (Å²) in [5.41, 5.74) is 1.73. The number of halogens is 1. The normalized spacial score (nSPS) is 10.4. The molecule has 1 aromatic carbocycles. The molecule has 0 radical (unpaired) electrons. The lowest BCUT2D eigenvalue weighted by molar-refractivity contribution is 0.753. The van der Waals surface area contributed by atoms with Gasteiger partial charge in [0.15, 0.2) is 0 Å². The summed E-state index contributed by atoms with van der Waals surface area (Å²) in [5.74, 6) is 0. The molecule has 0 amide bonds. The van der Waals surface area contributed by atoms with Crippen LogP contribution in [-0.4, -0.2) is 4.57 Å². The van der Waals surface area contributed by atoms with Gasteiger partial charge in [0.05, 0.1) is 6.54 Å². The van der Waals surface area contributed by atoms with Gasteiger partial charge in [0.1, 0.15) is 0 Å². The molecule has 0 bridgehead atoms. The number of aryl methyl sites for hydroxylation is 1. The van der Waals surface area contributed by atoms with Crippen LogP contribution in [0.25, 0.3) is 0 Å². The van der Waals surface area contributed by atoms with Crippen molar-refractivity contribution >= 4 is 11.6 Å². The Morgan fingerprint density at radius 2 is 1.94 bits per heavy atom. The number of hydrogen-bond donors (Lipinski definition) is 0. The lowest BCUT2D eigenvalue weighted by Crippen LogP contribution is -2.21. The summed E-state index contributed by atoms with van der Waals surface area (Å²) in [6, 6.07) is 11.2. The Labute approximate surface area is 99.1 Å². The van der Waals surface area contributed by atoms with E-state index in [0.717, 1.165) is 11.1 Å². The number of pyridine rings is 1. The first-order valence-electron chi connectivity index (χ1n) is 5.08. The van der Waals surface area contributed by atoms with E-state index in [1.165, 1.54) is 0 Å². The Morgan fingerprint density at radius 3 is 2.69 bits per heavy atom. The molecule has 2 rings (SSSR count). The van der Waals surface area contributed by atoms with Crippen molar-refractivity contribution in [3.8, 4) is 0 Å². The highest BCUT2D eigenvalue weighted by Gasteiger charge is 2.02. The molecule has 1 aromatic heterocycles. The van der Waals surface area contributed by atoms with Crippen molar-refractivity contribution in [2.45, 2.75) is 13.5 Å². The third-order valence-corrected chi connectivity index (χ3v) is 2.88. The van der Waals surface area contributed by atoms with E-state index in [1.54, 1.807) is 10.8 Å². The van der Waals surface area contributed by atoms with E-state index >= 15 is 0 Å². The fraction of sp³-hybridized carbons (Fsp3) is 0.154. The minimum Gasteiger partial charge on any atom is -0.311 e. The van der Waals surface area contributed by atoms with Gasteiger partial charge in [-0.25, -0.2) is 0 Å². The highest BCUT2D eigenvalue weighted by molar-refractivity contribution is 6.31. The number of nitrogens with zero attached hydrogens (tertiary/aromatic N) is 1. The molecule has 0 aliphatic heterocycles. The van der Waals surface area contributed by atoms with Gasteiger partial charge in [0.2, 0.25) is 0 Å². The summed E-state index contributed by atoms with van der Waals surface area (Å²) in [6.45, 7) is 2.33. The molecule has 2 aromatic rings. The second-order valence-corrected chi connectivity index (χ2v) is 4.12. The molecule has 82 valence electrons. The second kappa shape index (κ2) is 4.54. The van der Waals surface area contributed by atoms with Crippen molar-refractivity contribution in [2.75, 3.05) is 0 Å². The van der Waals surface area contributed by atoms with Crippen LogP contribution in [0.5, 0.6) is 0 Å². The van der Waals surface area contributed by atoms with Crippen LogP contribution < -0.4 is 5.56 Å². The van der Waals surface area contributed by atoms with Gasteiger partial charge in [-0.1, -0.05) is 35.9 Å². The van der Waals surface area contributed by atoms with E-state index in [9.17, 15) is 4.79 Å². The molecular formula is C13H12ClNO. The highest BCUT2D eigenvalue weighted by atomic mass is 35.5. The molecule has 2 nitrogen and oxygen atoms in total. The van der Waals surface area contributed by atoms with Crippen LogP contribution in [0.3, 0.4) is 0 Å².